The minimum atomic E-state index is 0. The van der Waals surface area contributed by atoms with Crippen LogP contribution < -0.4 is 5.32 Å². The number of pyridine rings is 1. The predicted octanol–water partition coefficient (Wildman–Crippen LogP) is 5.03. The van der Waals surface area contributed by atoms with Gasteiger partial charge in [-0.05, 0) is 67.8 Å². The molecule has 114 valence electrons. The average molecular weight is 315 g/mol. The van der Waals surface area contributed by atoms with E-state index in [0.29, 0.717) is 0 Å². The number of hydrogen-bond donors (Lipinski definition) is 2. The number of halogens is 1. The van der Waals surface area contributed by atoms with Crippen LogP contribution in [0, 0.1) is 20.8 Å². The van der Waals surface area contributed by atoms with Crippen molar-refractivity contribution in [3.05, 3.63) is 59.2 Å². The summed E-state index contributed by atoms with van der Waals surface area (Å²) in [5.41, 5.74) is 5.46. The van der Waals surface area contributed by atoms with Crippen molar-refractivity contribution in [2.45, 2.75) is 20.8 Å². The molecular formula is C18H19ClN2O. The standard InChI is InChI=1S/C18H18N2O.ClH/c1-11-4-5-14(8-12(11)2)19-18-9-13(3)16-7-6-15(21)10-17(16)20-18;/h4-10,21H,1-3H3,(H,19,20);1H. The lowest BCUT2D eigenvalue weighted by molar-refractivity contribution is 0.476. The number of phenolic OH excluding ortho intramolecular Hbond substituents is 1. The molecule has 2 N–H and O–H groups in total. The normalized spacial score (nSPS) is 10.3. The van der Waals surface area contributed by atoms with E-state index in [9.17, 15) is 5.11 Å². The van der Waals surface area contributed by atoms with E-state index in [1.54, 1.807) is 12.1 Å². The Morgan fingerprint density at radius 1 is 0.864 bits per heavy atom. The van der Waals surface area contributed by atoms with Crippen LogP contribution >= 0.6 is 12.4 Å². The fraction of sp³-hybridized carbons (Fsp3) is 0.167. The second kappa shape index (κ2) is 6.24. The summed E-state index contributed by atoms with van der Waals surface area (Å²) >= 11 is 0. The van der Waals surface area contributed by atoms with Crippen LogP contribution in [0.4, 0.5) is 11.5 Å². The van der Waals surface area contributed by atoms with Gasteiger partial charge < -0.3 is 10.4 Å². The SMILES string of the molecule is Cc1ccc(Nc2cc(C)c3ccc(O)cc3n2)cc1C.Cl. The minimum absolute atomic E-state index is 0. The molecule has 3 rings (SSSR count). The smallest absolute Gasteiger partial charge is 0.131 e. The van der Waals surface area contributed by atoms with Gasteiger partial charge in [0.15, 0.2) is 0 Å². The molecule has 0 bridgehead atoms. The van der Waals surface area contributed by atoms with Crippen LogP contribution in [0.3, 0.4) is 0 Å². The van der Waals surface area contributed by atoms with Gasteiger partial charge in [-0.2, -0.15) is 0 Å². The minimum Gasteiger partial charge on any atom is -0.508 e. The lowest BCUT2D eigenvalue weighted by Crippen LogP contribution is -1.96. The molecule has 0 aliphatic rings. The molecule has 4 heteroatoms. The van der Waals surface area contributed by atoms with Crippen LogP contribution in [-0.4, -0.2) is 10.1 Å². The van der Waals surface area contributed by atoms with Gasteiger partial charge in [0.1, 0.15) is 11.6 Å². The first-order chi connectivity index (χ1) is 10.0. The molecule has 0 fully saturated rings. The molecule has 0 unspecified atom stereocenters. The maximum absolute atomic E-state index is 9.61. The van der Waals surface area contributed by atoms with Gasteiger partial charge >= 0.3 is 0 Å². The van der Waals surface area contributed by atoms with Crippen molar-refractivity contribution in [2.75, 3.05) is 5.32 Å². The van der Waals surface area contributed by atoms with E-state index < -0.39 is 0 Å². The largest absolute Gasteiger partial charge is 0.508 e. The fourth-order valence-electron chi connectivity index (χ4n) is 2.42. The van der Waals surface area contributed by atoms with Crippen LogP contribution in [-0.2, 0) is 0 Å². The predicted molar refractivity (Wildman–Crippen MR) is 94.6 cm³/mol. The molecule has 1 heterocycles. The first-order valence-electron chi connectivity index (χ1n) is 6.97. The zero-order chi connectivity index (χ0) is 15.0. The maximum atomic E-state index is 9.61. The molecule has 2 aromatic carbocycles. The Hall–Kier alpha value is -2.26. The number of aromatic nitrogens is 1. The number of anilines is 2. The third-order valence-electron chi connectivity index (χ3n) is 3.78. The zero-order valence-electron chi connectivity index (χ0n) is 12.8. The quantitative estimate of drug-likeness (QED) is 0.697. The van der Waals surface area contributed by atoms with E-state index in [1.807, 2.05) is 25.1 Å². The third-order valence-corrected chi connectivity index (χ3v) is 3.78. The highest BCUT2D eigenvalue weighted by molar-refractivity contribution is 5.86. The number of aromatic hydroxyl groups is 1. The Morgan fingerprint density at radius 3 is 2.36 bits per heavy atom. The first kappa shape index (κ1) is 16.1. The van der Waals surface area contributed by atoms with E-state index >= 15 is 0 Å². The third kappa shape index (κ3) is 3.15. The number of phenols is 1. The van der Waals surface area contributed by atoms with Crippen LogP contribution in [0.5, 0.6) is 5.75 Å². The first-order valence-corrected chi connectivity index (χ1v) is 6.97. The van der Waals surface area contributed by atoms with Gasteiger partial charge in [0.25, 0.3) is 0 Å². The summed E-state index contributed by atoms with van der Waals surface area (Å²) in [6, 6.07) is 13.5. The van der Waals surface area contributed by atoms with Crippen molar-refractivity contribution in [2.24, 2.45) is 0 Å². The highest BCUT2D eigenvalue weighted by Gasteiger charge is 2.05. The van der Waals surface area contributed by atoms with Crippen molar-refractivity contribution < 1.29 is 5.11 Å². The summed E-state index contributed by atoms with van der Waals surface area (Å²) in [5, 5.41) is 14.0. The van der Waals surface area contributed by atoms with Gasteiger partial charge in [-0.3, -0.25) is 0 Å². The van der Waals surface area contributed by atoms with Gasteiger partial charge in [-0.1, -0.05) is 6.07 Å². The van der Waals surface area contributed by atoms with Gasteiger partial charge in [-0.25, -0.2) is 4.98 Å². The molecule has 0 amide bonds. The molecule has 0 spiro atoms. The van der Waals surface area contributed by atoms with Crippen molar-refractivity contribution in [1.29, 1.82) is 0 Å². The second-order valence-corrected chi connectivity index (χ2v) is 5.45. The van der Waals surface area contributed by atoms with Crippen molar-refractivity contribution >= 4 is 34.8 Å². The van der Waals surface area contributed by atoms with Crippen molar-refractivity contribution in [1.82, 2.24) is 4.98 Å². The lowest BCUT2D eigenvalue weighted by Gasteiger charge is -2.10. The molecule has 0 radical (unpaired) electrons. The molecule has 22 heavy (non-hydrogen) atoms. The van der Waals surface area contributed by atoms with E-state index in [4.69, 9.17) is 0 Å². The Bertz CT molecular complexity index is 831. The number of fused-ring (bicyclic) bond motifs is 1. The summed E-state index contributed by atoms with van der Waals surface area (Å²) < 4.78 is 0. The lowest BCUT2D eigenvalue weighted by atomic mass is 10.1. The van der Waals surface area contributed by atoms with E-state index in [1.165, 1.54) is 11.1 Å². The topological polar surface area (TPSA) is 45.1 Å². The number of nitrogens with zero attached hydrogens (tertiary/aromatic N) is 1. The van der Waals surface area contributed by atoms with E-state index in [0.717, 1.165) is 28.0 Å². The summed E-state index contributed by atoms with van der Waals surface area (Å²) in [6.07, 6.45) is 0. The zero-order valence-corrected chi connectivity index (χ0v) is 13.7. The molecule has 3 nitrogen and oxygen atoms in total. The molecule has 0 atom stereocenters. The average Bonchev–Trinajstić information content (AvgIpc) is 2.42. The van der Waals surface area contributed by atoms with Gasteiger partial charge in [0, 0.05) is 17.1 Å². The Labute approximate surface area is 136 Å². The van der Waals surface area contributed by atoms with E-state index in [-0.39, 0.29) is 18.2 Å². The monoisotopic (exact) mass is 314 g/mol. The maximum Gasteiger partial charge on any atom is 0.131 e. The number of rotatable bonds is 2. The molecular weight excluding hydrogens is 296 g/mol. The number of benzene rings is 2. The van der Waals surface area contributed by atoms with Gasteiger partial charge in [0.05, 0.1) is 5.52 Å². The Kier molecular flexibility index (Phi) is 4.57. The molecule has 0 saturated heterocycles. The summed E-state index contributed by atoms with van der Waals surface area (Å²) in [6.45, 7) is 6.24. The summed E-state index contributed by atoms with van der Waals surface area (Å²) in [4.78, 5) is 4.57. The van der Waals surface area contributed by atoms with Crippen molar-refractivity contribution in [3.63, 3.8) is 0 Å². The van der Waals surface area contributed by atoms with E-state index in [2.05, 4.69) is 36.3 Å². The highest BCUT2D eigenvalue weighted by Crippen LogP contribution is 2.26. The van der Waals surface area contributed by atoms with Crippen LogP contribution in [0.2, 0.25) is 0 Å². The van der Waals surface area contributed by atoms with Crippen LogP contribution in [0.1, 0.15) is 16.7 Å². The summed E-state index contributed by atoms with van der Waals surface area (Å²) in [7, 11) is 0. The van der Waals surface area contributed by atoms with Crippen molar-refractivity contribution in [3.8, 4) is 5.75 Å². The Balaban J connectivity index is 0.00000176. The molecule has 0 saturated carbocycles. The molecule has 0 aliphatic carbocycles. The molecule has 3 aromatic rings. The molecule has 0 aliphatic heterocycles. The fourth-order valence-corrected chi connectivity index (χ4v) is 2.42. The number of hydrogen-bond acceptors (Lipinski definition) is 3. The Morgan fingerprint density at radius 2 is 1.64 bits per heavy atom. The highest BCUT2D eigenvalue weighted by atomic mass is 35.5. The number of aryl methyl sites for hydroxylation is 3. The van der Waals surface area contributed by atoms with Crippen LogP contribution in [0.15, 0.2) is 42.5 Å². The van der Waals surface area contributed by atoms with Gasteiger partial charge in [0.2, 0.25) is 0 Å². The second-order valence-electron chi connectivity index (χ2n) is 5.45. The number of nitrogens with one attached hydrogen (secondary N) is 1. The van der Waals surface area contributed by atoms with Crippen LogP contribution in [0.25, 0.3) is 10.9 Å². The molecule has 1 aromatic heterocycles. The summed E-state index contributed by atoms with van der Waals surface area (Å²) in [5.74, 6) is 1.02. The van der Waals surface area contributed by atoms with Gasteiger partial charge in [-0.15, -0.1) is 12.4 Å².